The third-order valence-electron chi connectivity index (χ3n) is 7.78. The van der Waals surface area contributed by atoms with Gasteiger partial charge in [-0.25, -0.2) is 17.2 Å². The number of fused-ring (bicyclic) bond motifs is 1. The van der Waals surface area contributed by atoms with E-state index in [9.17, 15) is 31.2 Å². The van der Waals surface area contributed by atoms with Crippen molar-refractivity contribution in [3.8, 4) is 0 Å². The van der Waals surface area contributed by atoms with E-state index in [1.807, 2.05) is 0 Å². The third kappa shape index (κ3) is 4.06. The van der Waals surface area contributed by atoms with Crippen LogP contribution in [0.5, 0.6) is 0 Å². The van der Waals surface area contributed by atoms with E-state index in [0.29, 0.717) is 6.07 Å². The highest BCUT2D eigenvalue weighted by atomic mass is 32.2. The average molecular weight is 559 g/mol. The maximum Gasteiger partial charge on any atom is 0.416 e. The first-order valence-corrected chi connectivity index (χ1v) is 13.5. The van der Waals surface area contributed by atoms with Gasteiger partial charge < -0.3 is 15.4 Å². The molecule has 2 aliphatic heterocycles. The lowest BCUT2D eigenvalue weighted by atomic mass is 9.73. The quantitative estimate of drug-likeness (QED) is 0.548. The van der Waals surface area contributed by atoms with E-state index in [1.54, 1.807) is 0 Å². The summed E-state index contributed by atoms with van der Waals surface area (Å²) in [5.41, 5.74) is 0.112. The maximum absolute atomic E-state index is 16.2. The second kappa shape index (κ2) is 8.47. The molecule has 0 aromatic heterocycles. The predicted octanol–water partition coefficient (Wildman–Crippen LogP) is 3.23. The van der Waals surface area contributed by atoms with Crippen LogP contribution in [0.2, 0.25) is 0 Å². The third-order valence-corrected chi connectivity index (χ3v) is 8.89. The fourth-order valence-corrected chi connectivity index (χ4v) is 6.71. The molecule has 0 spiro atoms. The van der Waals surface area contributed by atoms with Gasteiger partial charge in [0.2, 0.25) is 5.91 Å². The molecule has 3 unspecified atom stereocenters. The summed E-state index contributed by atoms with van der Waals surface area (Å²) in [5, 5.41) is 0. The summed E-state index contributed by atoms with van der Waals surface area (Å²) >= 11 is 0. The van der Waals surface area contributed by atoms with Crippen molar-refractivity contribution in [3.05, 3.63) is 65.0 Å². The molecule has 2 heterocycles. The number of hydrogen-bond donors (Lipinski definition) is 1. The minimum Gasteiger partial charge on any atom is -0.375 e. The minimum absolute atomic E-state index is 0.0442. The van der Waals surface area contributed by atoms with Gasteiger partial charge in [0.1, 0.15) is 11.9 Å². The second-order valence-corrected chi connectivity index (χ2v) is 12.2. The lowest BCUT2D eigenvalue weighted by molar-refractivity contribution is -0.157. The summed E-state index contributed by atoms with van der Waals surface area (Å²) in [7, 11) is -3.71. The molecule has 4 atom stereocenters. The Hall–Kier alpha value is -3.06. The summed E-state index contributed by atoms with van der Waals surface area (Å²) in [6, 6.07) is 5.62. The Morgan fingerprint density at radius 2 is 1.84 bits per heavy atom. The van der Waals surface area contributed by atoms with E-state index in [0.717, 1.165) is 23.3 Å². The maximum atomic E-state index is 16.2. The molecule has 1 saturated carbocycles. The zero-order chi connectivity index (χ0) is 27.8. The van der Waals surface area contributed by atoms with Gasteiger partial charge in [0.05, 0.1) is 29.2 Å². The molecule has 2 amide bonds. The number of nitrogens with two attached hydrogens (primary N) is 1. The molecule has 2 aromatic carbocycles. The Morgan fingerprint density at radius 1 is 1.16 bits per heavy atom. The fourth-order valence-electron chi connectivity index (χ4n) is 6.05. The van der Waals surface area contributed by atoms with Crippen molar-refractivity contribution in [3.63, 3.8) is 0 Å². The number of carbonyl (C=O) groups excluding carboxylic acids is 2. The van der Waals surface area contributed by atoms with Gasteiger partial charge in [-0.3, -0.25) is 9.59 Å². The zero-order valence-corrected chi connectivity index (χ0v) is 20.8. The van der Waals surface area contributed by atoms with Crippen LogP contribution < -0.4 is 5.73 Å². The molecule has 5 rings (SSSR count). The van der Waals surface area contributed by atoms with E-state index < -0.39 is 81.5 Å². The number of hydrogen-bond acceptors (Lipinski definition) is 5. The Labute approximate surface area is 214 Å². The van der Waals surface area contributed by atoms with Gasteiger partial charge in [0.25, 0.3) is 5.91 Å². The zero-order valence-electron chi connectivity index (χ0n) is 20.0. The number of amides is 2. The number of ether oxygens (including phenoxy) is 1. The molecule has 204 valence electrons. The van der Waals surface area contributed by atoms with Crippen LogP contribution in [-0.2, 0) is 25.5 Å². The standard InChI is InChI=1S/C25H23F5N2O5S/c1-38(35,36)16-4-2-3-13(7-16)22(34)32-19(21(31)33)9-15-10-24(15,32)20(23(27)11-37-12-23)17-6-5-14(8-18(17)26)25(28,29)30/h2-8,15,19-20H,9-12H2,1H3,(H2,31,33)/t15?,19?,20-,24?/m1/s1. The van der Waals surface area contributed by atoms with Crippen molar-refractivity contribution < 1.29 is 44.7 Å². The number of rotatable bonds is 6. The number of carbonyl (C=O) groups is 2. The highest BCUT2D eigenvalue weighted by molar-refractivity contribution is 7.90. The number of benzene rings is 2. The van der Waals surface area contributed by atoms with Crippen LogP contribution in [0, 0.1) is 11.7 Å². The number of primary amides is 1. The highest BCUT2D eigenvalue weighted by Crippen LogP contribution is 2.68. The average Bonchev–Trinajstić information content (AvgIpc) is 3.41. The van der Waals surface area contributed by atoms with Gasteiger partial charge in [-0.05, 0) is 54.7 Å². The smallest absolute Gasteiger partial charge is 0.375 e. The number of piperidine rings is 1. The first-order chi connectivity index (χ1) is 17.6. The van der Waals surface area contributed by atoms with Crippen molar-refractivity contribution in [2.45, 2.75) is 47.1 Å². The van der Waals surface area contributed by atoms with Gasteiger partial charge >= 0.3 is 6.18 Å². The Morgan fingerprint density at radius 3 is 2.37 bits per heavy atom. The number of halogens is 5. The largest absolute Gasteiger partial charge is 0.416 e. The van der Waals surface area contributed by atoms with Crippen molar-refractivity contribution in [2.24, 2.45) is 11.7 Å². The van der Waals surface area contributed by atoms with E-state index in [2.05, 4.69) is 0 Å². The molecule has 3 aliphatic rings. The number of sulfone groups is 1. The van der Waals surface area contributed by atoms with Gasteiger partial charge in [-0.2, -0.15) is 13.2 Å². The fraction of sp³-hybridized carbons (Fsp3) is 0.440. The van der Waals surface area contributed by atoms with Crippen LogP contribution in [0.4, 0.5) is 22.0 Å². The normalized spacial score (nSPS) is 26.8. The molecule has 2 N–H and O–H groups in total. The first-order valence-electron chi connectivity index (χ1n) is 11.7. The van der Waals surface area contributed by atoms with E-state index in [1.165, 1.54) is 18.2 Å². The van der Waals surface area contributed by atoms with E-state index >= 15 is 8.78 Å². The summed E-state index contributed by atoms with van der Waals surface area (Å²) in [6.07, 6.45) is -3.70. The molecule has 0 bridgehead atoms. The summed E-state index contributed by atoms with van der Waals surface area (Å²) < 4.78 is 100. The Kier molecular flexibility index (Phi) is 5.92. The van der Waals surface area contributed by atoms with E-state index in [-0.39, 0.29) is 34.9 Å². The molecule has 2 aromatic rings. The highest BCUT2D eigenvalue weighted by Gasteiger charge is 2.75. The van der Waals surface area contributed by atoms with Gasteiger partial charge in [0, 0.05) is 17.7 Å². The first kappa shape index (κ1) is 26.5. The molecule has 38 heavy (non-hydrogen) atoms. The lowest BCUT2D eigenvalue weighted by Crippen LogP contribution is -2.61. The van der Waals surface area contributed by atoms with Gasteiger partial charge in [0.15, 0.2) is 15.5 Å². The topological polar surface area (TPSA) is 107 Å². The number of alkyl halides is 4. The van der Waals surface area contributed by atoms with Crippen LogP contribution in [0.1, 0.15) is 40.2 Å². The van der Waals surface area contributed by atoms with Crippen molar-refractivity contribution in [2.75, 3.05) is 19.5 Å². The monoisotopic (exact) mass is 558 g/mol. The molecule has 2 saturated heterocycles. The molecule has 0 radical (unpaired) electrons. The minimum atomic E-state index is -4.83. The molecule has 7 nitrogen and oxygen atoms in total. The van der Waals surface area contributed by atoms with Crippen LogP contribution in [0.15, 0.2) is 47.4 Å². The molecule has 13 heteroatoms. The van der Waals surface area contributed by atoms with Crippen LogP contribution in [0.3, 0.4) is 0 Å². The van der Waals surface area contributed by atoms with Crippen LogP contribution in [0.25, 0.3) is 0 Å². The number of likely N-dealkylation sites (tertiary alicyclic amines) is 1. The van der Waals surface area contributed by atoms with Crippen LogP contribution >= 0.6 is 0 Å². The lowest BCUT2D eigenvalue weighted by Gasteiger charge is -2.48. The predicted molar refractivity (Wildman–Crippen MR) is 123 cm³/mol. The Bertz CT molecular complexity index is 1440. The van der Waals surface area contributed by atoms with Crippen LogP contribution in [-0.4, -0.2) is 61.9 Å². The van der Waals surface area contributed by atoms with Crippen molar-refractivity contribution in [1.82, 2.24) is 4.90 Å². The second-order valence-electron chi connectivity index (χ2n) is 10.2. The van der Waals surface area contributed by atoms with Gasteiger partial charge in [-0.1, -0.05) is 12.1 Å². The molecule has 3 fully saturated rings. The Balaban J connectivity index is 1.65. The van der Waals surface area contributed by atoms with E-state index in [4.69, 9.17) is 10.5 Å². The summed E-state index contributed by atoms with van der Waals surface area (Å²) in [4.78, 5) is 27.2. The molecular formula is C25H23F5N2O5S. The molecular weight excluding hydrogens is 535 g/mol. The van der Waals surface area contributed by atoms with Crippen molar-refractivity contribution in [1.29, 1.82) is 0 Å². The number of nitrogens with zero attached hydrogens (tertiary/aromatic N) is 1. The van der Waals surface area contributed by atoms with Crippen molar-refractivity contribution >= 4 is 21.7 Å². The summed E-state index contributed by atoms with van der Waals surface area (Å²) in [5.74, 6) is -4.98. The van der Waals surface area contributed by atoms with Gasteiger partial charge in [-0.15, -0.1) is 0 Å². The summed E-state index contributed by atoms with van der Waals surface area (Å²) in [6.45, 7) is -0.973. The molecule has 1 aliphatic carbocycles. The SMILES string of the molecule is CS(=O)(=O)c1cccc(C(=O)N2C(C(N)=O)CC3CC32[C@H](c2ccc(C(F)(F)F)cc2F)C2(F)COC2)c1.